The van der Waals surface area contributed by atoms with Crippen molar-refractivity contribution in [2.45, 2.75) is 12.3 Å². The van der Waals surface area contributed by atoms with Crippen LogP contribution in [-0.4, -0.2) is 19.0 Å². The van der Waals surface area contributed by atoms with Crippen molar-refractivity contribution in [2.24, 2.45) is 5.92 Å². The van der Waals surface area contributed by atoms with E-state index in [1.807, 2.05) is 36.4 Å². The maximum Gasteiger partial charge on any atom is 0.229 e. The third-order valence-electron chi connectivity index (χ3n) is 5.22. The van der Waals surface area contributed by atoms with E-state index in [-0.39, 0.29) is 17.7 Å². The van der Waals surface area contributed by atoms with E-state index in [1.54, 1.807) is 0 Å². The van der Waals surface area contributed by atoms with E-state index < -0.39 is 0 Å². The Morgan fingerprint density at radius 3 is 2.33 bits per heavy atom. The second kappa shape index (κ2) is 8.19. The van der Waals surface area contributed by atoms with Gasteiger partial charge in [-0.3, -0.25) is 4.79 Å². The zero-order chi connectivity index (χ0) is 18.5. The Kier molecular flexibility index (Phi) is 5.31. The molecule has 2 unspecified atom stereocenters. The van der Waals surface area contributed by atoms with Crippen LogP contribution in [0.1, 0.15) is 22.6 Å². The monoisotopic (exact) mass is 356 g/mol. The van der Waals surface area contributed by atoms with Crippen molar-refractivity contribution in [1.82, 2.24) is 5.32 Å². The lowest BCUT2D eigenvalue weighted by Gasteiger charge is -2.19. The third-order valence-corrected chi connectivity index (χ3v) is 5.22. The van der Waals surface area contributed by atoms with Crippen molar-refractivity contribution in [2.75, 3.05) is 18.4 Å². The molecule has 3 aromatic carbocycles. The summed E-state index contributed by atoms with van der Waals surface area (Å²) in [5.41, 5.74) is 4.56. The highest BCUT2D eigenvalue weighted by molar-refractivity contribution is 5.93. The highest BCUT2D eigenvalue weighted by Gasteiger charge is 2.33. The van der Waals surface area contributed by atoms with Crippen molar-refractivity contribution >= 4 is 11.6 Å². The molecule has 2 atom stereocenters. The number of anilines is 1. The lowest BCUT2D eigenvalue weighted by molar-refractivity contribution is -0.119. The predicted octanol–water partition coefficient (Wildman–Crippen LogP) is 4.22. The molecule has 1 saturated heterocycles. The van der Waals surface area contributed by atoms with Crippen LogP contribution in [0.3, 0.4) is 0 Å². The SMILES string of the molecule is O=C(Nc1cccc(Cc2ccccc2)c1)C1CNCC1c1ccccc1. The Balaban J connectivity index is 1.45. The maximum absolute atomic E-state index is 12.9. The van der Waals surface area contributed by atoms with Crippen LogP contribution in [0.25, 0.3) is 0 Å². The first-order chi connectivity index (χ1) is 13.3. The van der Waals surface area contributed by atoms with Gasteiger partial charge in [-0.15, -0.1) is 0 Å². The number of amides is 1. The standard InChI is InChI=1S/C24H24N2O/c27-24(23-17-25-16-22(23)20-11-5-2-6-12-20)26-21-13-7-10-19(15-21)14-18-8-3-1-4-9-18/h1-13,15,22-23,25H,14,16-17H2,(H,26,27). The molecule has 27 heavy (non-hydrogen) atoms. The highest BCUT2D eigenvalue weighted by atomic mass is 16.1. The van der Waals surface area contributed by atoms with Crippen LogP contribution in [0, 0.1) is 5.92 Å². The normalized spacial score (nSPS) is 19.0. The smallest absolute Gasteiger partial charge is 0.229 e. The minimum Gasteiger partial charge on any atom is -0.326 e. The molecule has 1 aliphatic heterocycles. The van der Waals surface area contributed by atoms with Gasteiger partial charge in [0.15, 0.2) is 0 Å². The van der Waals surface area contributed by atoms with Gasteiger partial charge in [-0.25, -0.2) is 0 Å². The molecule has 1 amide bonds. The molecule has 2 N–H and O–H groups in total. The molecule has 1 aliphatic rings. The molecule has 4 rings (SSSR count). The summed E-state index contributed by atoms with van der Waals surface area (Å²) >= 11 is 0. The van der Waals surface area contributed by atoms with Crippen LogP contribution in [0.2, 0.25) is 0 Å². The summed E-state index contributed by atoms with van der Waals surface area (Å²) in [5.74, 6) is 0.259. The molecule has 1 fully saturated rings. The number of nitrogens with one attached hydrogen (secondary N) is 2. The number of carbonyl (C=O) groups is 1. The second-order valence-electron chi connectivity index (χ2n) is 7.13. The van der Waals surface area contributed by atoms with Gasteiger partial charge >= 0.3 is 0 Å². The summed E-state index contributed by atoms with van der Waals surface area (Å²) in [6.07, 6.45) is 0.863. The molecular weight excluding hydrogens is 332 g/mol. The molecule has 0 spiro atoms. The van der Waals surface area contributed by atoms with Crippen LogP contribution in [0.5, 0.6) is 0 Å². The fourth-order valence-corrected chi connectivity index (χ4v) is 3.83. The molecule has 3 aromatic rings. The van der Waals surface area contributed by atoms with Gasteiger partial charge < -0.3 is 10.6 Å². The van der Waals surface area contributed by atoms with Gasteiger partial charge in [0.1, 0.15) is 0 Å². The van der Waals surface area contributed by atoms with Crippen LogP contribution in [0.15, 0.2) is 84.9 Å². The van der Waals surface area contributed by atoms with Gasteiger partial charge in [0.2, 0.25) is 5.91 Å². The summed E-state index contributed by atoms with van der Waals surface area (Å²) in [6, 6.07) is 28.8. The van der Waals surface area contributed by atoms with Crippen molar-refractivity contribution in [1.29, 1.82) is 0 Å². The quantitative estimate of drug-likeness (QED) is 0.719. The van der Waals surface area contributed by atoms with Gasteiger partial charge in [-0.1, -0.05) is 72.8 Å². The summed E-state index contributed by atoms with van der Waals surface area (Å²) in [4.78, 5) is 12.9. The number of benzene rings is 3. The minimum atomic E-state index is -0.0508. The van der Waals surface area contributed by atoms with Gasteiger partial charge in [0.25, 0.3) is 0 Å². The molecule has 3 nitrogen and oxygen atoms in total. The van der Waals surface area contributed by atoms with Crippen LogP contribution in [0.4, 0.5) is 5.69 Å². The van der Waals surface area contributed by atoms with Crippen molar-refractivity contribution < 1.29 is 4.79 Å². The van der Waals surface area contributed by atoms with Crippen LogP contribution >= 0.6 is 0 Å². The lowest BCUT2D eigenvalue weighted by atomic mass is 9.88. The summed E-state index contributed by atoms with van der Waals surface area (Å²) in [5, 5.41) is 6.50. The Hall–Kier alpha value is -2.91. The van der Waals surface area contributed by atoms with E-state index in [0.29, 0.717) is 0 Å². The molecular formula is C24H24N2O. The molecule has 3 heteroatoms. The van der Waals surface area contributed by atoms with Gasteiger partial charge in [-0.05, 0) is 35.2 Å². The molecule has 0 bridgehead atoms. The average molecular weight is 356 g/mol. The molecule has 0 aliphatic carbocycles. The molecule has 1 heterocycles. The number of rotatable bonds is 5. The van der Waals surface area contributed by atoms with Gasteiger partial charge in [0, 0.05) is 24.7 Å². The fraction of sp³-hybridized carbons (Fsp3) is 0.208. The highest BCUT2D eigenvalue weighted by Crippen LogP contribution is 2.29. The van der Waals surface area contributed by atoms with E-state index in [2.05, 4.69) is 59.2 Å². The topological polar surface area (TPSA) is 41.1 Å². The predicted molar refractivity (Wildman–Crippen MR) is 110 cm³/mol. The van der Waals surface area contributed by atoms with Crippen LogP contribution < -0.4 is 10.6 Å². The molecule has 0 radical (unpaired) electrons. The fourth-order valence-electron chi connectivity index (χ4n) is 3.83. The summed E-state index contributed by atoms with van der Waals surface area (Å²) in [6.45, 7) is 1.56. The number of hydrogen-bond donors (Lipinski definition) is 2. The maximum atomic E-state index is 12.9. The Morgan fingerprint density at radius 1 is 0.852 bits per heavy atom. The Bertz CT molecular complexity index is 893. The van der Waals surface area contributed by atoms with Gasteiger partial charge in [-0.2, -0.15) is 0 Å². The summed E-state index contributed by atoms with van der Waals surface area (Å²) in [7, 11) is 0. The molecule has 0 saturated carbocycles. The van der Waals surface area contributed by atoms with Crippen molar-refractivity contribution in [3.05, 3.63) is 102 Å². The van der Waals surface area contributed by atoms with E-state index in [9.17, 15) is 4.79 Å². The Labute approximate surface area is 160 Å². The Morgan fingerprint density at radius 2 is 1.56 bits per heavy atom. The van der Waals surface area contributed by atoms with Crippen molar-refractivity contribution in [3.63, 3.8) is 0 Å². The molecule has 136 valence electrons. The van der Waals surface area contributed by atoms with E-state index in [1.165, 1.54) is 16.7 Å². The average Bonchev–Trinajstić information content (AvgIpc) is 3.20. The number of carbonyl (C=O) groups excluding carboxylic acids is 1. The van der Waals surface area contributed by atoms with Gasteiger partial charge in [0.05, 0.1) is 5.92 Å². The van der Waals surface area contributed by atoms with Crippen LogP contribution in [-0.2, 0) is 11.2 Å². The van der Waals surface area contributed by atoms with E-state index >= 15 is 0 Å². The first-order valence-electron chi connectivity index (χ1n) is 9.49. The van der Waals surface area contributed by atoms with E-state index in [0.717, 1.165) is 25.2 Å². The van der Waals surface area contributed by atoms with Crippen molar-refractivity contribution in [3.8, 4) is 0 Å². The number of hydrogen-bond acceptors (Lipinski definition) is 2. The van der Waals surface area contributed by atoms with E-state index in [4.69, 9.17) is 0 Å². The first-order valence-corrected chi connectivity index (χ1v) is 9.49. The largest absolute Gasteiger partial charge is 0.326 e. The summed E-state index contributed by atoms with van der Waals surface area (Å²) < 4.78 is 0. The first kappa shape index (κ1) is 17.5. The zero-order valence-corrected chi connectivity index (χ0v) is 15.3. The molecule has 0 aromatic heterocycles. The zero-order valence-electron chi connectivity index (χ0n) is 15.3. The second-order valence-corrected chi connectivity index (χ2v) is 7.13. The minimum absolute atomic E-state index is 0.0508. The third kappa shape index (κ3) is 4.26. The lowest BCUT2D eigenvalue weighted by Crippen LogP contribution is -2.28.